The Hall–Kier alpha value is -1.94. The first kappa shape index (κ1) is 15.4. The van der Waals surface area contributed by atoms with Crippen molar-refractivity contribution >= 4 is 23.4 Å². The number of ether oxygens (including phenoxy) is 1. The van der Waals surface area contributed by atoms with Gasteiger partial charge in [-0.05, 0) is 25.0 Å². The second-order valence-corrected chi connectivity index (χ2v) is 5.80. The van der Waals surface area contributed by atoms with Gasteiger partial charge in [-0.3, -0.25) is 0 Å². The number of aromatic nitrogens is 1. The van der Waals surface area contributed by atoms with Gasteiger partial charge in [-0.15, -0.1) is 11.3 Å². The van der Waals surface area contributed by atoms with Gasteiger partial charge in [0.2, 0.25) is 0 Å². The molecular formula is C17H19NO2S. The lowest BCUT2D eigenvalue weighted by Gasteiger charge is -1.99. The molecule has 0 aliphatic heterocycles. The molecule has 0 aliphatic rings. The molecule has 1 heterocycles. The Morgan fingerprint density at radius 2 is 2.19 bits per heavy atom. The van der Waals surface area contributed by atoms with Gasteiger partial charge < -0.3 is 4.74 Å². The fourth-order valence-electron chi connectivity index (χ4n) is 1.82. The molecule has 0 saturated heterocycles. The lowest BCUT2D eigenvalue weighted by molar-refractivity contribution is -0.137. The second-order valence-electron chi connectivity index (χ2n) is 4.74. The van der Waals surface area contributed by atoms with Crippen molar-refractivity contribution in [2.75, 3.05) is 6.61 Å². The lowest BCUT2D eigenvalue weighted by atomic mass is 10.1. The van der Waals surface area contributed by atoms with Crippen molar-refractivity contribution in [2.45, 2.75) is 26.7 Å². The van der Waals surface area contributed by atoms with Crippen LogP contribution in [0.4, 0.5) is 0 Å². The predicted octanol–water partition coefficient (Wildman–Crippen LogP) is 4.48. The van der Waals surface area contributed by atoms with Crippen LogP contribution in [0.25, 0.3) is 16.6 Å². The zero-order chi connectivity index (χ0) is 15.1. The molecule has 2 aromatic rings. The number of hydrogen-bond donors (Lipinski definition) is 0. The first-order valence-corrected chi connectivity index (χ1v) is 7.89. The first-order chi connectivity index (χ1) is 10.2. The van der Waals surface area contributed by atoms with Gasteiger partial charge in [-0.25, -0.2) is 9.78 Å². The van der Waals surface area contributed by atoms with Crippen LogP contribution in [-0.4, -0.2) is 17.6 Å². The normalized spacial score (nSPS) is 11.0. The fraction of sp³-hybridized carbons (Fsp3) is 0.294. The van der Waals surface area contributed by atoms with Gasteiger partial charge in [0.15, 0.2) is 0 Å². The Labute approximate surface area is 129 Å². The van der Waals surface area contributed by atoms with Gasteiger partial charge in [0.05, 0.1) is 6.61 Å². The third-order valence-electron chi connectivity index (χ3n) is 3.02. The first-order valence-electron chi connectivity index (χ1n) is 7.07. The van der Waals surface area contributed by atoms with E-state index in [1.165, 1.54) is 11.6 Å². The van der Waals surface area contributed by atoms with E-state index in [1.54, 1.807) is 23.6 Å². The van der Waals surface area contributed by atoms with Crippen molar-refractivity contribution in [3.63, 3.8) is 0 Å². The maximum atomic E-state index is 11.5. The molecule has 0 bridgehead atoms. The van der Waals surface area contributed by atoms with Gasteiger partial charge in [-0.2, -0.15) is 0 Å². The minimum Gasteiger partial charge on any atom is -0.463 e. The number of carbonyl (C=O) groups is 1. The van der Waals surface area contributed by atoms with E-state index >= 15 is 0 Å². The largest absolute Gasteiger partial charge is 0.463 e. The van der Waals surface area contributed by atoms with Gasteiger partial charge in [0.1, 0.15) is 5.01 Å². The molecule has 0 fully saturated rings. The SMILES string of the molecule is CCCCOC(=O)/C=C/c1cnc(-c2ccccc2C)s1. The van der Waals surface area contributed by atoms with Crippen molar-refractivity contribution in [1.29, 1.82) is 0 Å². The zero-order valence-electron chi connectivity index (χ0n) is 12.3. The Morgan fingerprint density at radius 3 is 2.95 bits per heavy atom. The Bertz CT molecular complexity index is 631. The van der Waals surface area contributed by atoms with Gasteiger partial charge in [-0.1, -0.05) is 37.6 Å². The molecule has 0 radical (unpaired) electrons. The summed E-state index contributed by atoms with van der Waals surface area (Å²) in [5.74, 6) is -0.297. The summed E-state index contributed by atoms with van der Waals surface area (Å²) in [6, 6.07) is 8.14. The maximum absolute atomic E-state index is 11.5. The van der Waals surface area contributed by atoms with E-state index in [9.17, 15) is 4.79 Å². The van der Waals surface area contributed by atoms with Crippen LogP contribution in [0.5, 0.6) is 0 Å². The van der Waals surface area contributed by atoms with E-state index in [0.29, 0.717) is 6.61 Å². The standard InChI is InChI=1S/C17H19NO2S/c1-3-4-11-20-16(19)10-9-14-12-18-17(21-14)15-8-6-5-7-13(15)2/h5-10,12H,3-4,11H2,1-2H3/b10-9+. The summed E-state index contributed by atoms with van der Waals surface area (Å²) in [5.41, 5.74) is 2.33. The number of hydrogen-bond acceptors (Lipinski definition) is 4. The maximum Gasteiger partial charge on any atom is 0.330 e. The molecule has 2 rings (SSSR count). The van der Waals surface area contributed by atoms with E-state index in [1.807, 2.05) is 12.1 Å². The quantitative estimate of drug-likeness (QED) is 0.449. The smallest absolute Gasteiger partial charge is 0.330 e. The van der Waals surface area contributed by atoms with Gasteiger partial charge >= 0.3 is 5.97 Å². The van der Waals surface area contributed by atoms with Crippen molar-refractivity contribution < 1.29 is 9.53 Å². The highest BCUT2D eigenvalue weighted by molar-refractivity contribution is 7.15. The van der Waals surface area contributed by atoms with Gasteiger partial charge in [0, 0.05) is 22.7 Å². The fourth-order valence-corrected chi connectivity index (χ4v) is 2.73. The van der Waals surface area contributed by atoms with Crippen LogP contribution in [0, 0.1) is 6.92 Å². The predicted molar refractivity (Wildman–Crippen MR) is 87.2 cm³/mol. The molecule has 0 amide bonds. The monoisotopic (exact) mass is 301 g/mol. The molecule has 0 aliphatic carbocycles. The van der Waals surface area contributed by atoms with E-state index in [0.717, 1.165) is 28.3 Å². The number of carbonyl (C=O) groups excluding carboxylic acids is 1. The third-order valence-corrected chi connectivity index (χ3v) is 4.02. The summed E-state index contributed by atoms with van der Waals surface area (Å²) in [7, 11) is 0. The molecule has 21 heavy (non-hydrogen) atoms. The third kappa shape index (κ3) is 4.53. The van der Waals surface area contributed by atoms with E-state index in [2.05, 4.69) is 31.0 Å². The Kier molecular flexibility index (Phi) is 5.69. The minimum absolute atomic E-state index is 0.297. The Morgan fingerprint density at radius 1 is 1.38 bits per heavy atom. The number of nitrogens with zero attached hydrogens (tertiary/aromatic N) is 1. The molecule has 0 atom stereocenters. The second kappa shape index (κ2) is 7.74. The lowest BCUT2D eigenvalue weighted by Crippen LogP contribution is -2.01. The summed E-state index contributed by atoms with van der Waals surface area (Å²) in [5, 5.41) is 0.965. The van der Waals surface area contributed by atoms with Crippen LogP contribution in [0.15, 0.2) is 36.5 Å². The average Bonchev–Trinajstić information content (AvgIpc) is 2.94. The molecule has 1 aromatic heterocycles. The van der Waals surface area contributed by atoms with Crippen LogP contribution in [-0.2, 0) is 9.53 Å². The van der Waals surface area contributed by atoms with Crippen molar-refractivity contribution in [3.05, 3.63) is 47.0 Å². The number of thiazole rings is 1. The number of unbranched alkanes of at least 4 members (excludes halogenated alkanes) is 1. The van der Waals surface area contributed by atoms with Crippen LogP contribution in [0.2, 0.25) is 0 Å². The van der Waals surface area contributed by atoms with Crippen molar-refractivity contribution in [1.82, 2.24) is 4.98 Å². The van der Waals surface area contributed by atoms with Crippen molar-refractivity contribution in [3.8, 4) is 10.6 Å². The molecule has 4 heteroatoms. The number of benzene rings is 1. The highest BCUT2D eigenvalue weighted by Crippen LogP contribution is 2.28. The van der Waals surface area contributed by atoms with E-state index in [-0.39, 0.29) is 5.97 Å². The molecule has 0 unspecified atom stereocenters. The molecule has 0 saturated carbocycles. The molecule has 1 aromatic carbocycles. The van der Waals surface area contributed by atoms with Crippen LogP contribution >= 0.6 is 11.3 Å². The average molecular weight is 301 g/mol. The summed E-state index contributed by atoms with van der Waals surface area (Å²) >= 11 is 1.56. The van der Waals surface area contributed by atoms with Crippen molar-refractivity contribution in [2.24, 2.45) is 0 Å². The highest BCUT2D eigenvalue weighted by Gasteiger charge is 2.05. The summed E-state index contributed by atoms with van der Waals surface area (Å²) in [4.78, 5) is 16.9. The molecule has 0 N–H and O–H groups in total. The molecular weight excluding hydrogens is 282 g/mol. The topological polar surface area (TPSA) is 39.2 Å². The molecule has 3 nitrogen and oxygen atoms in total. The summed E-state index contributed by atoms with van der Waals surface area (Å²) in [6.07, 6.45) is 6.92. The summed E-state index contributed by atoms with van der Waals surface area (Å²) < 4.78 is 5.07. The number of aryl methyl sites for hydroxylation is 1. The zero-order valence-corrected chi connectivity index (χ0v) is 13.2. The Balaban J connectivity index is 2.00. The van der Waals surface area contributed by atoms with Crippen LogP contribution < -0.4 is 0 Å². The van der Waals surface area contributed by atoms with Crippen LogP contribution in [0.1, 0.15) is 30.2 Å². The van der Waals surface area contributed by atoms with E-state index in [4.69, 9.17) is 4.74 Å². The van der Waals surface area contributed by atoms with E-state index < -0.39 is 0 Å². The number of rotatable bonds is 6. The molecule has 0 spiro atoms. The summed E-state index contributed by atoms with van der Waals surface area (Å²) in [6.45, 7) is 4.61. The number of esters is 1. The van der Waals surface area contributed by atoms with Gasteiger partial charge in [0.25, 0.3) is 0 Å². The highest BCUT2D eigenvalue weighted by atomic mass is 32.1. The molecule has 110 valence electrons. The minimum atomic E-state index is -0.297. The van der Waals surface area contributed by atoms with Crippen LogP contribution in [0.3, 0.4) is 0 Å².